The zero-order valence-electron chi connectivity index (χ0n) is 8.65. The summed E-state index contributed by atoms with van der Waals surface area (Å²) in [5, 5.41) is 0. The third-order valence-corrected chi connectivity index (χ3v) is 2.24. The summed E-state index contributed by atoms with van der Waals surface area (Å²) in [6.07, 6.45) is 9.76. The van der Waals surface area contributed by atoms with Crippen molar-refractivity contribution in [3.05, 3.63) is 12.4 Å². The van der Waals surface area contributed by atoms with E-state index in [1.807, 2.05) is 0 Å². The molecule has 0 radical (unpaired) electrons. The molecule has 0 saturated heterocycles. The Labute approximate surface area is 92.4 Å². The van der Waals surface area contributed by atoms with Crippen LogP contribution in [0.25, 0.3) is 0 Å². The predicted octanol–water partition coefficient (Wildman–Crippen LogP) is 2.24. The van der Waals surface area contributed by atoms with Gasteiger partial charge in [-0.15, -0.1) is 0 Å². The summed E-state index contributed by atoms with van der Waals surface area (Å²) in [5.41, 5.74) is 0. The molecule has 0 aromatic carbocycles. The summed E-state index contributed by atoms with van der Waals surface area (Å²) in [6, 6.07) is 0. The molecule has 0 unspecified atom stereocenters. The minimum atomic E-state index is 0. The Morgan fingerprint density at radius 3 is 2.46 bits per heavy atom. The second kappa shape index (κ2) is 7.28. The molecule has 1 aliphatic heterocycles. The van der Waals surface area contributed by atoms with E-state index >= 15 is 0 Å². The van der Waals surface area contributed by atoms with Gasteiger partial charge in [0.25, 0.3) is 0 Å². The fraction of sp³-hybridized carbons (Fsp3) is 0.800. The van der Waals surface area contributed by atoms with Crippen molar-refractivity contribution in [2.75, 3.05) is 20.3 Å². The van der Waals surface area contributed by atoms with Crippen LogP contribution in [-0.4, -0.2) is 30.1 Å². The molecule has 0 saturated carbocycles. The Bertz CT molecular complexity index is 148. The topological polar surface area (TPSA) is 6.48 Å². The zero-order valence-corrected chi connectivity index (χ0v) is 9.75. The third kappa shape index (κ3) is 5.22. The molecule has 0 fully saturated rings. The Hall–Kier alpha value is -0.141. The monoisotopic (exact) mass is 224 g/mol. The van der Waals surface area contributed by atoms with Gasteiger partial charge < -0.3 is 9.80 Å². The van der Waals surface area contributed by atoms with Crippen LogP contribution in [0, 0.1) is 0 Å². The van der Waals surface area contributed by atoms with E-state index in [9.17, 15) is 0 Å². The largest absolute Gasteiger partial charge is 0.362 e. The van der Waals surface area contributed by atoms with Gasteiger partial charge >= 0.3 is 0 Å². The van der Waals surface area contributed by atoms with Crippen LogP contribution < -0.4 is 0 Å². The molecule has 0 aromatic rings. The van der Waals surface area contributed by atoms with Crippen LogP contribution in [0.15, 0.2) is 12.4 Å². The second-order valence-corrected chi connectivity index (χ2v) is 3.57. The molecule has 1 aliphatic rings. The summed E-state index contributed by atoms with van der Waals surface area (Å²) < 4.78 is 0. The zero-order chi connectivity index (χ0) is 8.81. The SMILES string of the molecule is CCCCCCN1C=CN(C)C1.[Fe]. The van der Waals surface area contributed by atoms with E-state index < -0.39 is 0 Å². The maximum atomic E-state index is 2.37. The summed E-state index contributed by atoms with van der Waals surface area (Å²) in [5.74, 6) is 0. The molecule has 0 spiro atoms. The van der Waals surface area contributed by atoms with Crippen LogP contribution in [0.2, 0.25) is 0 Å². The summed E-state index contributed by atoms with van der Waals surface area (Å²) >= 11 is 0. The van der Waals surface area contributed by atoms with Gasteiger partial charge in [-0.2, -0.15) is 0 Å². The first-order valence-corrected chi connectivity index (χ1v) is 4.95. The van der Waals surface area contributed by atoms with E-state index in [1.165, 1.54) is 32.2 Å². The van der Waals surface area contributed by atoms with Crippen LogP contribution in [0.5, 0.6) is 0 Å². The molecule has 0 atom stereocenters. The minimum absolute atomic E-state index is 0. The molecular formula is C10H20FeN2. The molecule has 0 aromatic heterocycles. The Morgan fingerprint density at radius 2 is 1.92 bits per heavy atom. The van der Waals surface area contributed by atoms with Crippen LogP contribution >= 0.6 is 0 Å². The maximum absolute atomic E-state index is 2.37. The Morgan fingerprint density at radius 1 is 1.15 bits per heavy atom. The number of hydrogen-bond acceptors (Lipinski definition) is 2. The van der Waals surface area contributed by atoms with Gasteiger partial charge in [0.05, 0.1) is 6.67 Å². The summed E-state index contributed by atoms with van der Waals surface area (Å²) in [4.78, 5) is 4.58. The van der Waals surface area contributed by atoms with Gasteiger partial charge in [-0.1, -0.05) is 26.2 Å². The molecule has 2 nitrogen and oxygen atoms in total. The van der Waals surface area contributed by atoms with E-state index in [2.05, 4.69) is 36.2 Å². The molecule has 3 heteroatoms. The van der Waals surface area contributed by atoms with Crippen LogP contribution in [0.3, 0.4) is 0 Å². The van der Waals surface area contributed by atoms with E-state index in [0.717, 1.165) is 6.67 Å². The van der Waals surface area contributed by atoms with Crippen LogP contribution in [0.1, 0.15) is 32.6 Å². The van der Waals surface area contributed by atoms with Crippen LogP contribution in [0.4, 0.5) is 0 Å². The maximum Gasteiger partial charge on any atom is 0.0890 e. The number of unbranched alkanes of at least 4 members (excludes halogenated alkanes) is 3. The first-order valence-electron chi connectivity index (χ1n) is 4.95. The molecule has 1 rings (SSSR count). The van der Waals surface area contributed by atoms with Crippen molar-refractivity contribution in [3.63, 3.8) is 0 Å². The van der Waals surface area contributed by atoms with E-state index in [0.29, 0.717) is 0 Å². The number of nitrogens with zero attached hydrogens (tertiary/aromatic N) is 2. The average Bonchev–Trinajstić information content (AvgIpc) is 2.45. The Kier molecular flexibility index (Phi) is 7.20. The van der Waals surface area contributed by atoms with E-state index in [1.54, 1.807) is 0 Å². The van der Waals surface area contributed by atoms with Gasteiger partial charge in [-0.3, -0.25) is 0 Å². The van der Waals surface area contributed by atoms with Gasteiger partial charge in [0.15, 0.2) is 0 Å². The summed E-state index contributed by atoms with van der Waals surface area (Å²) in [7, 11) is 2.11. The van der Waals surface area contributed by atoms with Crippen molar-refractivity contribution in [2.45, 2.75) is 32.6 Å². The van der Waals surface area contributed by atoms with E-state index in [-0.39, 0.29) is 17.1 Å². The van der Waals surface area contributed by atoms with Crippen molar-refractivity contribution in [1.29, 1.82) is 0 Å². The molecule has 0 aliphatic carbocycles. The predicted molar refractivity (Wildman–Crippen MR) is 52.6 cm³/mol. The molecule has 0 N–H and O–H groups in total. The van der Waals surface area contributed by atoms with Gasteiger partial charge in [0.1, 0.15) is 0 Å². The second-order valence-electron chi connectivity index (χ2n) is 3.57. The average molecular weight is 224 g/mol. The normalized spacial score (nSPS) is 14.9. The van der Waals surface area contributed by atoms with Gasteiger partial charge in [0.2, 0.25) is 0 Å². The molecular weight excluding hydrogens is 204 g/mol. The number of hydrogen-bond donors (Lipinski definition) is 0. The van der Waals surface area contributed by atoms with Crippen molar-refractivity contribution in [1.82, 2.24) is 9.80 Å². The standard InChI is InChI=1S/C10H20N2.Fe/c1-3-4-5-6-7-12-9-8-11(2)10-12;/h8-9H,3-7,10H2,1-2H3;. The van der Waals surface area contributed by atoms with Crippen molar-refractivity contribution in [2.24, 2.45) is 0 Å². The van der Waals surface area contributed by atoms with E-state index in [4.69, 9.17) is 0 Å². The molecule has 13 heavy (non-hydrogen) atoms. The summed E-state index contributed by atoms with van der Waals surface area (Å²) in [6.45, 7) is 4.55. The first kappa shape index (κ1) is 12.9. The quantitative estimate of drug-likeness (QED) is 0.522. The van der Waals surface area contributed by atoms with Gasteiger partial charge in [0, 0.05) is 43.1 Å². The first-order chi connectivity index (χ1) is 5.83. The minimum Gasteiger partial charge on any atom is -0.362 e. The fourth-order valence-electron chi connectivity index (χ4n) is 1.48. The number of rotatable bonds is 5. The van der Waals surface area contributed by atoms with Crippen molar-refractivity contribution < 1.29 is 17.1 Å². The van der Waals surface area contributed by atoms with Gasteiger partial charge in [-0.25, -0.2) is 0 Å². The smallest absolute Gasteiger partial charge is 0.0890 e. The molecule has 0 amide bonds. The molecule has 0 bridgehead atoms. The van der Waals surface area contributed by atoms with Crippen molar-refractivity contribution in [3.8, 4) is 0 Å². The third-order valence-electron chi connectivity index (χ3n) is 2.24. The van der Waals surface area contributed by atoms with Gasteiger partial charge in [-0.05, 0) is 6.42 Å². The van der Waals surface area contributed by atoms with Crippen LogP contribution in [-0.2, 0) is 17.1 Å². The Balaban J connectivity index is 0.00000144. The van der Waals surface area contributed by atoms with Crippen molar-refractivity contribution >= 4 is 0 Å². The fourth-order valence-corrected chi connectivity index (χ4v) is 1.48. The molecule has 1 heterocycles. The molecule has 78 valence electrons.